The highest BCUT2D eigenvalue weighted by atomic mass is 16.5. The Morgan fingerprint density at radius 3 is 2.75 bits per heavy atom. The van der Waals surface area contributed by atoms with Crippen molar-refractivity contribution in [3.8, 4) is 11.6 Å². The molecular formula is C22H22N4O2. The maximum Gasteiger partial charge on any atom is 0.255 e. The van der Waals surface area contributed by atoms with Crippen molar-refractivity contribution in [2.45, 2.75) is 25.7 Å². The third kappa shape index (κ3) is 4.17. The lowest BCUT2D eigenvalue weighted by Gasteiger charge is -2.32. The molecule has 3 aromatic rings. The predicted molar refractivity (Wildman–Crippen MR) is 105 cm³/mol. The number of carbonyl (C=O) groups is 1. The van der Waals surface area contributed by atoms with Crippen LogP contribution in [0, 0.1) is 6.92 Å². The van der Waals surface area contributed by atoms with E-state index in [1.165, 1.54) is 0 Å². The summed E-state index contributed by atoms with van der Waals surface area (Å²) in [6.07, 6.45) is 6.93. The van der Waals surface area contributed by atoms with Gasteiger partial charge in [-0.05, 0) is 44.0 Å². The van der Waals surface area contributed by atoms with E-state index in [1.54, 1.807) is 18.6 Å². The number of para-hydroxylation sites is 1. The first-order valence-corrected chi connectivity index (χ1v) is 9.46. The molecule has 1 saturated heterocycles. The average Bonchev–Trinajstić information content (AvgIpc) is 2.75. The fourth-order valence-corrected chi connectivity index (χ4v) is 3.40. The number of rotatable bonds is 4. The van der Waals surface area contributed by atoms with Crippen LogP contribution in [0.15, 0.2) is 61.1 Å². The van der Waals surface area contributed by atoms with Gasteiger partial charge in [-0.1, -0.05) is 18.2 Å². The molecule has 1 aliphatic rings. The van der Waals surface area contributed by atoms with Crippen LogP contribution in [0.4, 0.5) is 0 Å². The Labute approximate surface area is 164 Å². The van der Waals surface area contributed by atoms with Crippen LogP contribution < -0.4 is 4.74 Å². The Balaban J connectivity index is 1.48. The largest absolute Gasteiger partial charge is 0.437 e. The number of amides is 1. The van der Waals surface area contributed by atoms with Crippen molar-refractivity contribution in [2.75, 3.05) is 13.1 Å². The lowest BCUT2D eigenvalue weighted by Crippen LogP contribution is -2.39. The molecule has 28 heavy (non-hydrogen) atoms. The number of likely N-dealkylation sites (tertiary alicyclic amines) is 1. The molecule has 1 atom stereocenters. The van der Waals surface area contributed by atoms with Crippen LogP contribution in [0.5, 0.6) is 11.6 Å². The Hall–Kier alpha value is -3.28. The summed E-state index contributed by atoms with van der Waals surface area (Å²) in [6, 6.07) is 13.2. The van der Waals surface area contributed by atoms with Gasteiger partial charge in [-0.2, -0.15) is 0 Å². The smallest absolute Gasteiger partial charge is 0.255 e. The number of piperidine rings is 1. The lowest BCUT2D eigenvalue weighted by molar-refractivity contribution is 0.0705. The normalized spacial score (nSPS) is 16.6. The van der Waals surface area contributed by atoms with Gasteiger partial charge in [0, 0.05) is 37.1 Å². The fraction of sp³-hybridized carbons (Fsp3) is 0.273. The van der Waals surface area contributed by atoms with Crippen molar-refractivity contribution < 1.29 is 9.53 Å². The number of pyridine rings is 1. The second-order valence-electron chi connectivity index (χ2n) is 6.98. The summed E-state index contributed by atoms with van der Waals surface area (Å²) in [5, 5.41) is 0. The average molecular weight is 374 g/mol. The highest BCUT2D eigenvalue weighted by Gasteiger charge is 2.27. The molecule has 0 radical (unpaired) electrons. The number of ether oxygens (including phenoxy) is 1. The molecule has 3 heterocycles. The zero-order chi connectivity index (χ0) is 19.3. The molecule has 1 aliphatic heterocycles. The maximum absolute atomic E-state index is 12.8. The zero-order valence-electron chi connectivity index (χ0n) is 15.8. The molecule has 1 aromatic carbocycles. The van der Waals surface area contributed by atoms with Crippen molar-refractivity contribution in [3.05, 3.63) is 78.0 Å². The summed E-state index contributed by atoms with van der Waals surface area (Å²) >= 11 is 0. The van der Waals surface area contributed by atoms with Crippen molar-refractivity contribution >= 4 is 5.91 Å². The van der Waals surface area contributed by atoms with Gasteiger partial charge in [0.1, 0.15) is 5.75 Å². The van der Waals surface area contributed by atoms with E-state index in [4.69, 9.17) is 4.74 Å². The monoisotopic (exact) mass is 374 g/mol. The van der Waals surface area contributed by atoms with Crippen LogP contribution in [0.1, 0.15) is 40.5 Å². The number of nitrogens with zero attached hydrogens (tertiary/aromatic N) is 4. The molecule has 2 aromatic heterocycles. The molecule has 0 aliphatic carbocycles. The van der Waals surface area contributed by atoms with E-state index in [0.717, 1.165) is 36.5 Å². The van der Waals surface area contributed by atoms with Gasteiger partial charge in [-0.15, -0.1) is 0 Å². The molecule has 0 spiro atoms. The Morgan fingerprint density at radius 1 is 1.11 bits per heavy atom. The van der Waals surface area contributed by atoms with Crippen molar-refractivity contribution in [2.24, 2.45) is 0 Å². The number of hydrogen-bond acceptors (Lipinski definition) is 5. The SMILES string of the molecule is Cc1ccc(C(=O)N2CCCC(c3cncc(Oc4ccccc4)n3)C2)cn1. The molecule has 0 N–H and O–H groups in total. The summed E-state index contributed by atoms with van der Waals surface area (Å²) in [4.78, 5) is 27.9. The third-order valence-electron chi connectivity index (χ3n) is 4.88. The summed E-state index contributed by atoms with van der Waals surface area (Å²) < 4.78 is 5.80. The molecule has 1 amide bonds. The zero-order valence-corrected chi connectivity index (χ0v) is 15.8. The number of benzene rings is 1. The van der Waals surface area contributed by atoms with Crippen LogP contribution in [-0.4, -0.2) is 38.8 Å². The van der Waals surface area contributed by atoms with Crippen LogP contribution in [0.25, 0.3) is 0 Å². The quantitative estimate of drug-likeness (QED) is 0.691. The number of aryl methyl sites for hydroxylation is 1. The minimum atomic E-state index is 0.0156. The molecule has 1 unspecified atom stereocenters. The van der Waals surface area contributed by atoms with Gasteiger partial charge in [0.25, 0.3) is 5.91 Å². The van der Waals surface area contributed by atoms with Crippen LogP contribution in [-0.2, 0) is 0 Å². The van der Waals surface area contributed by atoms with E-state index in [-0.39, 0.29) is 11.8 Å². The van der Waals surface area contributed by atoms with Gasteiger partial charge in [-0.25, -0.2) is 4.98 Å². The van der Waals surface area contributed by atoms with E-state index in [0.29, 0.717) is 18.0 Å². The molecule has 1 fully saturated rings. The van der Waals surface area contributed by atoms with E-state index < -0.39 is 0 Å². The summed E-state index contributed by atoms with van der Waals surface area (Å²) in [5.74, 6) is 1.35. The maximum atomic E-state index is 12.8. The molecule has 4 rings (SSSR count). The second-order valence-corrected chi connectivity index (χ2v) is 6.98. The van der Waals surface area contributed by atoms with Crippen molar-refractivity contribution in [1.82, 2.24) is 19.9 Å². The Bertz CT molecular complexity index is 944. The molecule has 6 heteroatoms. The minimum absolute atomic E-state index is 0.0156. The van der Waals surface area contributed by atoms with Crippen LogP contribution >= 0.6 is 0 Å². The van der Waals surface area contributed by atoms with Gasteiger partial charge in [0.2, 0.25) is 5.88 Å². The molecule has 6 nitrogen and oxygen atoms in total. The van der Waals surface area contributed by atoms with Crippen molar-refractivity contribution in [1.29, 1.82) is 0 Å². The van der Waals surface area contributed by atoms with Gasteiger partial charge in [-0.3, -0.25) is 14.8 Å². The van der Waals surface area contributed by atoms with Crippen molar-refractivity contribution in [3.63, 3.8) is 0 Å². The first-order chi connectivity index (χ1) is 13.7. The van der Waals surface area contributed by atoms with Crippen LogP contribution in [0.3, 0.4) is 0 Å². The fourth-order valence-electron chi connectivity index (χ4n) is 3.40. The highest BCUT2D eigenvalue weighted by molar-refractivity contribution is 5.94. The Kier molecular flexibility index (Phi) is 5.28. The lowest BCUT2D eigenvalue weighted by atomic mass is 9.94. The second kappa shape index (κ2) is 8.17. The third-order valence-corrected chi connectivity index (χ3v) is 4.88. The highest BCUT2D eigenvalue weighted by Crippen LogP contribution is 2.28. The van der Waals surface area contributed by atoms with Crippen LogP contribution in [0.2, 0.25) is 0 Å². The summed E-state index contributed by atoms with van der Waals surface area (Å²) in [5.41, 5.74) is 2.38. The summed E-state index contributed by atoms with van der Waals surface area (Å²) in [6.45, 7) is 3.28. The van der Waals surface area contributed by atoms with E-state index >= 15 is 0 Å². The number of aromatic nitrogens is 3. The topological polar surface area (TPSA) is 68.2 Å². The van der Waals surface area contributed by atoms with Gasteiger partial charge in [0.15, 0.2) is 0 Å². The predicted octanol–water partition coefficient (Wildman–Crippen LogP) is 3.99. The summed E-state index contributed by atoms with van der Waals surface area (Å²) in [7, 11) is 0. The minimum Gasteiger partial charge on any atom is -0.437 e. The van der Waals surface area contributed by atoms with Gasteiger partial charge >= 0.3 is 0 Å². The molecule has 142 valence electrons. The first-order valence-electron chi connectivity index (χ1n) is 9.46. The molecule has 0 saturated carbocycles. The number of carbonyl (C=O) groups excluding carboxylic acids is 1. The molecule has 0 bridgehead atoms. The Morgan fingerprint density at radius 2 is 1.96 bits per heavy atom. The molecular weight excluding hydrogens is 352 g/mol. The van der Waals surface area contributed by atoms with E-state index in [2.05, 4.69) is 15.0 Å². The van der Waals surface area contributed by atoms with Gasteiger partial charge < -0.3 is 9.64 Å². The van der Waals surface area contributed by atoms with E-state index in [1.807, 2.05) is 54.3 Å². The van der Waals surface area contributed by atoms with Gasteiger partial charge in [0.05, 0.1) is 17.5 Å². The number of hydrogen-bond donors (Lipinski definition) is 0. The first kappa shape index (κ1) is 18.1. The van der Waals surface area contributed by atoms with E-state index in [9.17, 15) is 4.79 Å². The standard InChI is InChI=1S/C22H22N4O2/c1-16-9-10-17(12-24-16)22(27)26-11-5-6-18(15-26)20-13-23-14-21(25-20)28-19-7-3-2-4-8-19/h2-4,7-10,12-14,18H,5-6,11,15H2,1H3.